The Morgan fingerprint density at radius 3 is 2.32 bits per heavy atom. The summed E-state index contributed by atoms with van der Waals surface area (Å²) in [6.07, 6.45) is 15.9. The molecule has 0 heterocycles. The van der Waals surface area contributed by atoms with Crippen LogP contribution in [-0.4, -0.2) is 0 Å². The molecule has 0 atom stereocenters. The van der Waals surface area contributed by atoms with Crippen molar-refractivity contribution < 1.29 is 0 Å². The Hall–Kier alpha value is -1.04. The van der Waals surface area contributed by atoms with E-state index in [1.807, 2.05) is 0 Å². The number of aryl methyl sites for hydroxylation is 1. The second kappa shape index (κ2) is 8.19. The van der Waals surface area contributed by atoms with Crippen molar-refractivity contribution in [2.75, 3.05) is 0 Å². The number of hydrogen-bond acceptors (Lipinski definition) is 0. The van der Waals surface area contributed by atoms with Crippen LogP contribution < -0.4 is 0 Å². The van der Waals surface area contributed by atoms with Crippen molar-refractivity contribution in [3.63, 3.8) is 0 Å². The normalized spacial score (nSPS) is 14.7. The SMILES string of the molecule is CCCCCCCCc1ccc(C2=CCCC2)cc1. The molecule has 1 aromatic carbocycles. The van der Waals surface area contributed by atoms with Gasteiger partial charge in [0, 0.05) is 0 Å². The average Bonchev–Trinajstić information content (AvgIpc) is 2.97. The summed E-state index contributed by atoms with van der Waals surface area (Å²) >= 11 is 0. The van der Waals surface area contributed by atoms with Crippen molar-refractivity contribution >= 4 is 5.57 Å². The van der Waals surface area contributed by atoms with Gasteiger partial charge in [-0.05, 0) is 48.8 Å². The van der Waals surface area contributed by atoms with Crippen LogP contribution in [0.1, 0.15) is 75.8 Å². The summed E-state index contributed by atoms with van der Waals surface area (Å²) in [5.41, 5.74) is 4.52. The fourth-order valence-corrected chi connectivity index (χ4v) is 2.93. The summed E-state index contributed by atoms with van der Waals surface area (Å²) in [5, 5.41) is 0. The Labute approximate surface area is 118 Å². The van der Waals surface area contributed by atoms with Gasteiger partial charge in [-0.3, -0.25) is 0 Å². The minimum Gasteiger partial charge on any atom is -0.0807 e. The van der Waals surface area contributed by atoms with Gasteiger partial charge in [-0.15, -0.1) is 0 Å². The number of unbranched alkanes of at least 4 members (excludes halogenated alkanes) is 5. The average molecular weight is 256 g/mol. The van der Waals surface area contributed by atoms with Gasteiger partial charge in [-0.1, -0.05) is 69.4 Å². The van der Waals surface area contributed by atoms with E-state index in [2.05, 4.69) is 37.3 Å². The molecule has 0 nitrogen and oxygen atoms in total. The van der Waals surface area contributed by atoms with Crippen LogP contribution in [0.4, 0.5) is 0 Å². The molecule has 2 rings (SSSR count). The summed E-state index contributed by atoms with van der Waals surface area (Å²) in [4.78, 5) is 0. The van der Waals surface area contributed by atoms with E-state index in [0.717, 1.165) is 0 Å². The maximum Gasteiger partial charge on any atom is -0.0228 e. The molecule has 0 fully saturated rings. The Kier molecular flexibility index (Phi) is 6.20. The molecule has 0 saturated heterocycles. The van der Waals surface area contributed by atoms with E-state index < -0.39 is 0 Å². The second-order valence-corrected chi connectivity index (χ2v) is 5.84. The van der Waals surface area contributed by atoms with Crippen molar-refractivity contribution in [2.45, 2.75) is 71.1 Å². The molecule has 104 valence electrons. The first-order chi connectivity index (χ1) is 9.40. The van der Waals surface area contributed by atoms with E-state index in [0.29, 0.717) is 0 Å². The van der Waals surface area contributed by atoms with E-state index in [4.69, 9.17) is 0 Å². The van der Waals surface area contributed by atoms with Gasteiger partial charge < -0.3 is 0 Å². The third kappa shape index (κ3) is 4.86. The lowest BCUT2D eigenvalue weighted by Crippen LogP contribution is -1.88. The Balaban J connectivity index is 1.70. The molecule has 0 unspecified atom stereocenters. The van der Waals surface area contributed by atoms with Gasteiger partial charge in [0.2, 0.25) is 0 Å². The van der Waals surface area contributed by atoms with Crippen molar-refractivity contribution in [1.82, 2.24) is 0 Å². The van der Waals surface area contributed by atoms with Crippen LogP contribution in [0.15, 0.2) is 30.3 Å². The number of allylic oxidation sites excluding steroid dienone is 2. The van der Waals surface area contributed by atoms with Crippen LogP contribution >= 0.6 is 0 Å². The molecule has 0 N–H and O–H groups in total. The fourth-order valence-electron chi connectivity index (χ4n) is 2.93. The highest BCUT2D eigenvalue weighted by molar-refractivity contribution is 5.67. The van der Waals surface area contributed by atoms with E-state index >= 15 is 0 Å². The van der Waals surface area contributed by atoms with Crippen LogP contribution in [0, 0.1) is 0 Å². The molecule has 0 bridgehead atoms. The molecule has 19 heavy (non-hydrogen) atoms. The van der Waals surface area contributed by atoms with Crippen LogP contribution in [-0.2, 0) is 6.42 Å². The first-order valence-corrected chi connectivity index (χ1v) is 8.18. The predicted octanol–water partition coefficient (Wildman–Crippen LogP) is 6.16. The zero-order chi connectivity index (χ0) is 13.3. The topological polar surface area (TPSA) is 0 Å². The molecule has 0 radical (unpaired) electrons. The van der Waals surface area contributed by atoms with Gasteiger partial charge >= 0.3 is 0 Å². The standard InChI is InChI=1S/C19H28/c1-2-3-4-5-6-7-10-17-13-15-19(16-14-17)18-11-8-9-12-18/h11,13-16H,2-10,12H2,1H3. The van der Waals surface area contributed by atoms with Gasteiger partial charge in [0.05, 0.1) is 0 Å². The fraction of sp³-hybridized carbons (Fsp3) is 0.579. The zero-order valence-electron chi connectivity index (χ0n) is 12.5. The smallest absolute Gasteiger partial charge is 0.0228 e. The minimum absolute atomic E-state index is 1.26. The summed E-state index contributed by atoms with van der Waals surface area (Å²) in [7, 11) is 0. The Morgan fingerprint density at radius 1 is 0.895 bits per heavy atom. The highest BCUT2D eigenvalue weighted by Crippen LogP contribution is 2.27. The minimum atomic E-state index is 1.26. The summed E-state index contributed by atoms with van der Waals surface area (Å²) in [6, 6.07) is 9.31. The number of rotatable bonds is 8. The second-order valence-electron chi connectivity index (χ2n) is 5.84. The number of benzene rings is 1. The first kappa shape index (κ1) is 14.4. The van der Waals surface area contributed by atoms with E-state index in [-0.39, 0.29) is 0 Å². The quantitative estimate of drug-likeness (QED) is 0.489. The van der Waals surface area contributed by atoms with Gasteiger partial charge in [0.25, 0.3) is 0 Å². The summed E-state index contributed by atoms with van der Waals surface area (Å²) in [5.74, 6) is 0. The van der Waals surface area contributed by atoms with Crippen molar-refractivity contribution in [3.8, 4) is 0 Å². The molecule has 0 aliphatic heterocycles. The first-order valence-electron chi connectivity index (χ1n) is 8.18. The van der Waals surface area contributed by atoms with E-state index in [1.165, 1.54) is 75.3 Å². The number of hydrogen-bond donors (Lipinski definition) is 0. The monoisotopic (exact) mass is 256 g/mol. The molecule has 1 aromatic rings. The van der Waals surface area contributed by atoms with Crippen LogP contribution in [0.5, 0.6) is 0 Å². The third-order valence-electron chi connectivity index (χ3n) is 4.18. The van der Waals surface area contributed by atoms with Crippen molar-refractivity contribution in [1.29, 1.82) is 0 Å². The van der Waals surface area contributed by atoms with E-state index in [9.17, 15) is 0 Å². The van der Waals surface area contributed by atoms with Crippen molar-refractivity contribution in [3.05, 3.63) is 41.5 Å². The third-order valence-corrected chi connectivity index (χ3v) is 4.18. The molecular weight excluding hydrogens is 228 g/mol. The highest BCUT2D eigenvalue weighted by Gasteiger charge is 2.06. The van der Waals surface area contributed by atoms with E-state index in [1.54, 1.807) is 5.57 Å². The zero-order valence-corrected chi connectivity index (χ0v) is 12.5. The van der Waals surface area contributed by atoms with Crippen LogP contribution in [0.2, 0.25) is 0 Å². The molecular formula is C19H28. The van der Waals surface area contributed by atoms with Crippen LogP contribution in [0.25, 0.3) is 5.57 Å². The molecule has 1 aliphatic rings. The Morgan fingerprint density at radius 2 is 1.63 bits per heavy atom. The highest BCUT2D eigenvalue weighted by atomic mass is 14.1. The maximum absolute atomic E-state index is 2.41. The van der Waals surface area contributed by atoms with Crippen molar-refractivity contribution in [2.24, 2.45) is 0 Å². The summed E-state index contributed by atoms with van der Waals surface area (Å²) < 4.78 is 0. The lowest BCUT2D eigenvalue weighted by Gasteiger charge is -2.05. The molecule has 0 aromatic heterocycles. The molecule has 0 heteroatoms. The lowest BCUT2D eigenvalue weighted by molar-refractivity contribution is 0.607. The lowest BCUT2D eigenvalue weighted by atomic mass is 10.0. The largest absolute Gasteiger partial charge is 0.0807 e. The molecule has 0 amide bonds. The predicted molar refractivity (Wildman–Crippen MR) is 85.4 cm³/mol. The molecule has 0 spiro atoms. The molecule has 1 aliphatic carbocycles. The molecule has 0 saturated carbocycles. The maximum atomic E-state index is 2.41. The van der Waals surface area contributed by atoms with Gasteiger partial charge in [0.1, 0.15) is 0 Å². The van der Waals surface area contributed by atoms with Gasteiger partial charge in [-0.2, -0.15) is 0 Å². The van der Waals surface area contributed by atoms with Gasteiger partial charge in [-0.25, -0.2) is 0 Å². The van der Waals surface area contributed by atoms with Gasteiger partial charge in [0.15, 0.2) is 0 Å². The summed E-state index contributed by atoms with van der Waals surface area (Å²) in [6.45, 7) is 2.28. The Bertz CT molecular complexity index is 383. The van der Waals surface area contributed by atoms with Crippen LogP contribution in [0.3, 0.4) is 0 Å².